The molecule has 0 saturated carbocycles. The molecule has 1 fully saturated rings. The Hall–Kier alpha value is -4.10. The fourth-order valence-corrected chi connectivity index (χ4v) is 6.41. The molecule has 1 aliphatic rings. The lowest BCUT2D eigenvalue weighted by molar-refractivity contribution is -0.151. The van der Waals surface area contributed by atoms with Gasteiger partial charge in [0, 0.05) is 27.2 Å². The van der Waals surface area contributed by atoms with E-state index in [4.69, 9.17) is 21.1 Å². The van der Waals surface area contributed by atoms with Crippen molar-refractivity contribution < 1.29 is 32.3 Å². The number of carbonyl (C=O) groups excluding carboxylic acids is 3. The smallest absolute Gasteiger partial charge is 0.340 e. The largest absolute Gasteiger partial charge is 0.466 e. The first-order valence-corrected chi connectivity index (χ1v) is 15.4. The van der Waals surface area contributed by atoms with Gasteiger partial charge < -0.3 is 14.4 Å². The molecule has 0 N–H and O–H groups in total. The Morgan fingerprint density at radius 3 is 2.33 bits per heavy atom. The van der Waals surface area contributed by atoms with Crippen LogP contribution in [0.4, 0.5) is 5.69 Å². The van der Waals surface area contributed by atoms with Gasteiger partial charge in [0.1, 0.15) is 5.69 Å². The van der Waals surface area contributed by atoms with Gasteiger partial charge >= 0.3 is 11.9 Å². The predicted molar refractivity (Wildman–Crippen MR) is 159 cm³/mol. The summed E-state index contributed by atoms with van der Waals surface area (Å²) < 4.78 is 41.3. The molecule has 1 saturated heterocycles. The summed E-state index contributed by atoms with van der Waals surface area (Å²) in [6, 6.07) is 12.3. The average molecular weight is 633 g/mol. The van der Waals surface area contributed by atoms with Crippen molar-refractivity contribution in [2.45, 2.75) is 31.6 Å². The third kappa shape index (κ3) is 6.47. The third-order valence-corrected chi connectivity index (χ3v) is 9.53. The van der Waals surface area contributed by atoms with Crippen LogP contribution in [0.15, 0.2) is 58.2 Å². The van der Waals surface area contributed by atoms with Gasteiger partial charge in [-0.05, 0) is 57.0 Å². The zero-order chi connectivity index (χ0) is 31.5. The van der Waals surface area contributed by atoms with E-state index in [0.717, 1.165) is 10.4 Å². The summed E-state index contributed by atoms with van der Waals surface area (Å²) in [5, 5.41) is -0.0726. The summed E-state index contributed by atoms with van der Waals surface area (Å²) in [5.41, 5.74) is 0.0952. The second-order valence-corrected chi connectivity index (χ2v) is 12.4. The number of halogens is 1. The minimum Gasteiger partial charge on any atom is -0.466 e. The van der Waals surface area contributed by atoms with Crippen LogP contribution >= 0.6 is 11.6 Å². The van der Waals surface area contributed by atoms with E-state index in [0.29, 0.717) is 37.3 Å². The highest BCUT2D eigenvalue weighted by molar-refractivity contribution is 7.92. The SMILES string of the molecule is CCOC(=O)C1CCN(C(=O)COC(=O)c2cc(S(=O)(=O)N(C)c3c(C)n(C)n(-c4ccccc4)c3=O)ccc2Cl)CC1. The quantitative estimate of drug-likeness (QED) is 0.329. The Bertz CT molecular complexity index is 1690. The van der Waals surface area contributed by atoms with Crippen molar-refractivity contribution in [1.82, 2.24) is 14.3 Å². The lowest BCUT2D eigenvalue weighted by atomic mass is 9.97. The Morgan fingerprint density at radius 2 is 1.70 bits per heavy atom. The molecule has 0 atom stereocenters. The van der Waals surface area contributed by atoms with Gasteiger partial charge in [-0.2, -0.15) is 0 Å². The molecule has 2 heterocycles. The van der Waals surface area contributed by atoms with Crippen LogP contribution in [0.25, 0.3) is 5.69 Å². The van der Waals surface area contributed by atoms with E-state index in [1.54, 1.807) is 55.9 Å². The van der Waals surface area contributed by atoms with Crippen molar-refractivity contribution in [3.05, 3.63) is 75.2 Å². The number of hydrogen-bond donors (Lipinski definition) is 0. The van der Waals surface area contributed by atoms with Crippen molar-refractivity contribution in [1.29, 1.82) is 0 Å². The zero-order valence-corrected chi connectivity index (χ0v) is 25.9. The van der Waals surface area contributed by atoms with Crippen LogP contribution < -0.4 is 9.86 Å². The van der Waals surface area contributed by atoms with E-state index in [1.807, 2.05) is 0 Å². The summed E-state index contributed by atoms with van der Waals surface area (Å²) in [6.07, 6.45) is 0.879. The second kappa shape index (κ2) is 13.0. The fourth-order valence-electron chi connectivity index (χ4n) is 4.94. The molecule has 43 heavy (non-hydrogen) atoms. The number of sulfonamides is 1. The summed E-state index contributed by atoms with van der Waals surface area (Å²) >= 11 is 6.21. The number of benzene rings is 2. The molecule has 4 rings (SSSR count). The minimum atomic E-state index is -4.33. The first kappa shape index (κ1) is 31.8. The maximum Gasteiger partial charge on any atom is 0.340 e. The number of carbonyl (C=O) groups is 3. The molecular formula is C29H33ClN4O8S. The normalized spacial score (nSPS) is 13.9. The molecule has 1 aliphatic heterocycles. The van der Waals surface area contributed by atoms with E-state index in [9.17, 15) is 27.6 Å². The van der Waals surface area contributed by atoms with Crippen molar-refractivity contribution in [2.75, 3.05) is 37.7 Å². The van der Waals surface area contributed by atoms with Gasteiger partial charge in [-0.15, -0.1) is 0 Å². The number of anilines is 1. The first-order valence-electron chi connectivity index (χ1n) is 13.6. The van der Waals surface area contributed by atoms with E-state index in [-0.39, 0.29) is 39.7 Å². The van der Waals surface area contributed by atoms with Crippen molar-refractivity contribution in [2.24, 2.45) is 13.0 Å². The molecule has 1 aromatic heterocycles. The Morgan fingerprint density at radius 1 is 1.05 bits per heavy atom. The van der Waals surface area contributed by atoms with Crippen molar-refractivity contribution in [3.63, 3.8) is 0 Å². The molecule has 0 spiro atoms. The van der Waals surface area contributed by atoms with Crippen LogP contribution in [0.1, 0.15) is 35.8 Å². The Labute approximate surface area is 254 Å². The summed E-state index contributed by atoms with van der Waals surface area (Å²) in [7, 11) is -1.43. The lowest BCUT2D eigenvalue weighted by Gasteiger charge is -2.30. The molecule has 0 unspecified atom stereocenters. The van der Waals surface area contributed by atoms with Crippen LogP contribution in [0, 0.1) is 12.8 Å². The number of hydrogen-bond acceptors (Lipinski definition) is 8. The number of para-hydroxylation sites is 1. The Balaban J connectivity index is 1.49. The van der Waals surface area contributed by atoms with Gasteiger partial charge in [-0.25, -0.2) is 17.9 Å². The van der Waals surface area contributed by atoms with Gasteiger partial charge in [0.05, 0.1) is 39.4 Å². The molecule has 0 bridgehead atoms. The monoisotopic (exact) mass is 632 g/mol. The topological polar surface area (TPSA) is 137 Å². The minimum absolute atomic E-state index is 0.0669. The van der Waals surface area contributed by atoms with E-state index in [2.05, 4.69) is 0 Å². The van der Waals surface area contributed by atoms with Gasteiger partial charge in [0.15, 0.2) is 6.61 Å². The van der Waals surface area contributed by atoms with Crippen LogP contribution in [-0.4, -0.2) is 73.9 Å². The molecule has 3 aromatic rings. The number of nitrogens with zero attached hydrogens (tertiary/aromatic N) is 4. The highest BCUT2D eigenvalue weighted by atomic mass is 35.5. The van der Waals surface area contributed by atoms with E-state index >= 15 is 0 Å². The maximum atomic E-state index is 13.6. The number of aromatic nitrogens is 2. The number of ether oxygens (including phenoxy) is 2. The second-order valence-electron chi connectivity index (χ2n) is 10.0. The number of esters is 2. The molecule has 230 valence electrons. The van der Waals surface area contributed by atoms with E-state index in [1.165, 1.54) is 28.8 Å². The van der Waals surface area contributed by atoms with Gasteiger partial charge in [-0.1, -0.05) is 29.8 Å². The number of amides is 1. The number of rotatable bonds is 9. The van der Waals surface area contributed by atoms with Crippen LogP contribution in [0.5, 0.6) is 0 Å². The average Bonchev–Trinajstić information content (AvgIpc) is 3.22. The van der Waals surface area contributed by atoms with Gasteiger partial charge in [0.25, 0.3) is 21.5 Å². The van der Waals surface area contributed by atoms with Crippen LogP contribution in [-0.2, 0) is 36.1 Å². The van der Waals surface area contributed by atoms with Crippen molar-refractivity contribution >= 4 is 45.2 Å². The van der Waals surface area contributed by atoms with E-state index < -0.39 is 34.1 Å². The van der Waals surface area contributed by atoms with Crippen molar-refractivity contribution in [3.8, 4) is 5.69 Å². The molecule has 12 nitrogen and oxygen atoms in total. The summed E-state index contributed by atoms with van der Waals surface area (Å²) in [4.78, 5) is 52.1. The zero-order valence-electron chi connectivity index (χ0n) is 24.3. The number of likely N-dealkylation sites (tertiary alicyclic amines) is 1. The highest BCUT2D eigenvalue weighted by Gasteiger charge is 2.31. The molecule has 0 aliphatic carbocycles. The molecule has 2 aromatic carbocycles. The third-order valence-electron chi connectivity index (χ3n) is 7.45. The maximum absolute atomic E-state index is 13.6. The number of piperidine rings is 1. The molecular weight excluding hydrogens is 600 g/mol. The molecule has 1 amide bonds. The van der Waals surface area contributed by atoms with Gasteiger partial charge in [-0.3, -0.25) is 23.4 Å². The standard InChI is InChI=1S/C29H33ClN4O8S/c1-5-41-28(37)20-13-15-33(16-14-20)25(35)18-42-29(38)23-17-22(11-12-24(23)30)43(39,40)32(4)26-19(2)31(3)34(27(26)36)21-9-7-6-8-10-21/h6-12,17,20H,5,13-16,18H2,1-4H3. The predicted octanol–water partition coefficient (Wildman–Crippen LogP) is 2.92. The molecule has 0 radical (unpaired) electrons. The fraction of sp³-hybridized carbons (Fsp3) is 0.379. The summed E-state index contributed by atoms with van der Waals surface area (Å²) in [5.74, 6) is -2.01. The Kier molecular flexibility index (Phi) is 9.65. The first-order chi connectivity index (χ1) is 20.4. The van der Waals surface area contributed by atoms with Crippen LogP contribution in [0.3, 0.4) is 0 Å². The van der Waals surface area contributed by atoms with Gasteiger partial charge in [0.2, 0.25) is 0 Å². The lowest BCUT2D eigenvalue weighted by Crippen LogP contribution is -2.42. The summed E-state index contributed by atoms with van der Waals surface area (Å²) in [6.45, 7) is 3.68. The highest BCUT2D eigenvalue weighted by Crippen LogP contribution is 2.27. The van der Waals surface area contributed by atoms with Crippen LogP contribution in [0.2, 0.25) is 5.02 Å². The molecule has 14 heteroatoms.